The van der Waals surface area contributed by atoms with Gasteiger partial charge >= 0.3 is 5.97 Å². The van der Waals surface area contributed by atoms with Crippen molar-refractivity contribution in [3.8, 4) is 17.1 Å². The van der Waals surface area contributed by atoms with Crippen molar-refractivity contribution >= 4 is 17.7 Å². The van der Waals surface area contributed by atoms with Crippen LogP contribution in [0.25, 0.3) is 11.4 Å². The monoisotopic (exact) mass is 395 g/mol. The molecule has 1 atom stereocenters. The number of hydrogen-bond acceptors (Lipinski definition) is 6. The van der Waals surface area contributed by atoms with Crippen molar-refractivity contribution in [2.45, 2.75) is 17.0 Å². The number of aromatic nitrogens is 3. The smallest absolute Gasteiger partial charge is 0.323 e. The van der Waals surface area contributed by atoms with Crippen LogP contribution < -0.4 is 4.74 Å². The van der Waals surface area contributed by atoms with Gasteiger partial charge in [-0.1, -0.05) is 60.3 Å². The number of rotatable bonds is 8. The van der Waals surface area contributed by atoms with Gasteiger partial charge in [0.15, 0.2) is 11.0 Å². The minimum atomic E-state index is -0.551. The molecule has 0 saturated carbocycles. The number of ether oxygens (including phenoxy) is 2. The summed E-state index contributed by atoms with van der Waals surface area (Å²) in [6.45, 7) is 4.33. The molecule has 0 radical (unpaired) electrons. The molecule has 144 valence electrons. The van der Waals surface area contributed by atoms with Gasteiger partial charge in [-0.25, -0.2) is 0 Å². The topological polar surface area (TPSA) is 66.2 Å². The fourth-order valence-corrected chi connectivity index (χ4v) is 3.86. The molecule has 3 aromatic rings. The highest BCUT2D eigenvalue weighted by molar-refractivity contribution is 8.00. The summed E-state index contributed by atoms with van der Waals surface area (Å²) in [6, 6.07) is 17.1. The van der Waals surface area contributed by atoms with Crippen LogP contribution in [0.15, 0.2) is 72.4 Å². The minimum Gasteiger partial charge on any atom is -0.496 e. The Morgan fingerprint density at radius 2 is 1.86 bits per heavy atom. The second-order valence-corrected chi connectivity index (χ2v) is 6.91. The lowest BCUT2D eigenvalue weighted by molar-refractivity contribution is -0.140. The maximum Gasteiger partial charge on any atom is 0.323 e. The molecule has 0 aliphatic carbocycles. The molecular weight excluding hydrogens is 374 g/mol. The molecule has 28 heavy (non-hydrogen) atoms. The van der Waals surface area contributed by atoms with Gasteiger partial charge in [-0.05, 0) is 17.7 Å². The fourth-order valence-electron chi connectivity index (χ4n) is 2.79. The van der Waals surface area contributed by atoms with E-state index in [1.807, 2.05) is 59.2 Å². The summed E-state index contributed by atoms with van der Waals surface area (Å²) in [4.78, 5) is 12.4. The molecule has 0 fully saturated rings. The zero-order chi connectivity index (χ0) is 19.9. The molecule has 0 spiro atoms. The average molecular weight is 395 g/mol. The Morgan fingerprint density at radius 1 is 1.14 bits per heavy atom. The molecule has 0 saturated heterocycles. The molecule has 0 bridgehead atoms. The van der Waals surface area contributed by atoms with E-state index in [0.717, 1.165) is 11.1 Å². The van der Waals surface area contributed by atoms with Gasteiger partial charge in [0.1, 0.15) is 11.0 Å². The van der Waals surface area contributed by atoms with Crippen LogP contribution in [0, 0.1) is 0 Å². The highest BCUT2D eigenvalue weighted by Gasteiger charge is 2.27. The molecule has 1 unspecified atom stereocenters. The van der Waals surface area contributed by atoms with E-state index in [1.165, 1.54) is 18.9 Å². The van der Waals surface area contributed by atoms with Gasteiger partial charge in [-0.2, -0.15) is 0 Å². The van der Waals surface area contributed by atoms with Gasteiger partial charge in [-0.15, -0.1) is 16.8 Å². The van der Waals surface area contributed by atoms with E-state index < -0.39 is 5.25 Å². The largest absolute Gasteiger partial charge is 0.496 e. The third kappa shape index (κ3) is 4.09. The van der Waals surface area contributed by atoms with E-state index in [1.54, 1.807) is 13.2 Å². The van der Waals surface area contributed by atoms with E-state index in [0.29, 0.717) is 23.3 Å². The molecule has 7 heteroatoms. The lowest BCUT2D eigenvalue weighted by Crippen LogP contribution is -2.12. The molecule has 2 aromatic carbocycles. The third-order valence-electron chi connectivity index (χ3n) is 4.12. The summed E-state index contributed by atoms with van der Waals surface area (Å²) >= 11 is 1.30. The van der Waals surface area contributed by atoms with Crippen LogP contribution in [-0.4, -0.2) is 35.0 Å². The normalized spacial score (nSPS) is 11.6. The van der Waals surface area contributed by atoms with Crippen LogP contribution in [0.1, 0.15) is 10.8 Å². The Hall–Kier alpha value is -3.06. The molecular formula is C21H21N3O3S. The number of nitrogens with zero attached hydrogens (tertiary/aromatic N) is 3. The number of thioether (sulfide) groups is 1. The van der Waals surface area contributed by atoms with Gasteiger partial charge in [0.25, 0.3) is 0 Å². The van der Waals surface area contributed by atoms with Gasteiger partial charge in [0, 0.05) is 6.54 Å². The first-order chi connectivity index (χ1) is 13.7. The quantitative estimate of drug-likeness (QED) is 0.324. The van der Waals surface area contributed by atoms with Crippen molar-refractivity contribution in [1.82, 2.24) is 14.8 Å². The number of methoxy groups -OCH3 is 2. The number of benzene rings is 2. The first kappa shape index (κ1) is 19.7. The molecule has 3 rings (SSSR count). The number of carbonyl (C=O) groups excluding carboxylic acids is 1. The zero-order valence-electron chi connectivity index (χ0n) is 15.7. The highest BCUT2D eigenvalue weighted by atomic mass is 32.2. The standard InChI is InChI=1S/C21H21N3O3S/c1-4-14-24-19(16-12-8-9-13-17(16)26-2)22-23-21(24)28-18(20(25)27-3)15-10-6-5-7-11-15/h4-13,18H,1,14H2,2-3H3. The summed E-state index contributed by atoms with van der Waals surface area (Å²) in [5.74, 6) is 1.00. The van der Waals surface area contributed by atoms with Gasteiger partial charge < -0.3 is 9.47 Å². The van der Waals surface area contributed by atoms with Crippen molar-refractivity contribution in [3.05, 3.63) is 72.8 Å². The van der Waals surface area contributed by atoms with E-state index in [9.17, 15) is 4.79 Å². The Bertz CT molecular complexity index is 957. The lowest BCUT2D eigenvalue weighted by Gasteiger charge is -2.15. The van der Waals surface area contributed by atoms with Crippen molar-refractivity contribution in [1.29, 1.82) is 0 Å². The zero-order valence-corrected chi connectivity index (χ0v) is 16.6. The van der Waals surface area contributed by atoms with Crippen LogP contribution in [-0.2, 0) is 16.1 Å². The molecule has 0 aliphatic rings. The second-order valence-electron chi connectivity index (χ2n) is 5.84. The van der Waals surface area contributed by atoms with E-state index in [4.69, 9.17) is 9.47 Å². The molecule has 1 aromatic heterocycles. The lowest BCUT2D eigenvalue weighted by atomic mass is 10.1. The summed E-state index contributed by atoms with van der Waals surface area (Å²) in [5.41, 5.74) is 1.66. The molecule has 0 amide bonds. The van der Waals surface area contributed by atoms with Crippen LogP contribution >= 0.6 is 11.8 Å². The maximum atomic E-state index is 12.4. The van der Waals surface area contributed by atoms with Crippen LogP contribution in [0.2, 0.25) is 0 Å². The predicted molar refractivity (Wildman–Crippen MR) is 109 cm³/mol. The van der Waals surface area contributed by atoms with Crippen molar-refractivity contribution in [3.63, 3.8) is 0 Å². The van der Waals surface area contributed by atoms with Gasteiger partial charge in [0.05, 0.1) is 19.8 Å². The molecule has 0 aliphatic heterocycles. The SMILES string of the molecule is C=CCn1c(SC(C(=O)OC)c2ccccc2)nnc1-c1ccccc1OC. The number of allylic oxidation sites excluding steroid dienone is 1. The number of carbonyl (C=O) groups is 1. The van der Waals surface area contributed by atoms with Crippen LogP contribution in [0.4, 0.5) is 0 Å². The minimum absolute atomic E-state index is 0.344. The van der Waals surface area contributed by atoms with Gasteiger partial charge in [0.2, 0.25) is 0 Å². The molecule has 0 N–H and O–H groups in total. The van der Waals surface area contributed by atoms with E-state index in [-0.39, 0.29) is 5.97 Å². The first-order valence-electron chi connectivity index (χ1n) is 8.66. The Kier molecular flexibility index (Phi) is 6.49. The Morgan fingerprint density at radius 3 is 2.54 bits per heavy atom. The molecule has 6 nitrogen and oxygen atoms in total. The third-order valence-corrected chi connectivity index (χ3v) is 5.33. The number of para-hydroxylation sites is 1. The Balaban J connectivity index is 2.03. The highest BCUT2D eigenvalue weighted by Crippen LogP contribution is 2.38. The molecule has 1 heterocycles. The predicted octanol–water partition coefficient (Wildman–Crippen LogP) is 4.15. The van der Waals surface area contributed by atoms with Crippen LogP contribution in [0.5, 0.6) is 5.75 Å². The summed E-state index contributed by atoms with van der Waals surface area (Å²) in [7, 11) is 3.00. The fraction of sp³-hybridized carbons (Fsp3) is 0.190. The number of esters is 1. The second kappa shape index (κ2) is 9.23. The van der Waals surface area contributed by atoms with E-state index >= 15 is 0 Å². The summed E-state index contributed by atoms with van der Waals surface area (Å²) in [5, 5.41) is 8.74. The van der Waals surface area contributed by atoms with Crippen molar-refractivity contribution in [2.24, 2.45) is 0 Å². The number of hydrogen-bond donors (Lipinski definition) is 0. The van der Waals surface area contributed by atoms with Crippen molar-refractivity contribution in [2.75, 3.05) is 14.2 Å². The first-order valence-corrected chi connectivity index (χ1v) is 9.54. The van der Waals surface area contributed by atoms with Crippen LogP contribution in [0.3, 0.4) is 0 Å². The average Bonchev–Trinajstić information content (AvgIpc) is 3.14. The summed E-state index contributed by atoms with van der Waals surface area (Å²) < 4.78 is 12.4. The van der Waals surface area contributed by atoms with Gasteiger partial charge in [-0.3, -0.25) is 9.36 Å². The van der Waals surface area contributed by atoms with E-state index in [2.05, 4.69) is 16.8 Å². The Labute approximate surface area is 168 Å². The maximum absolute atomic E-state index is 12.4. The summed E-state index contributed by atoms with van der Waals surface area (Å²) in [6.07, 6.45) is 1.77. The van der Waals surface area contributed by atoms with Crippen molar-refractivity contribution < 1.29 is 14.3 Å².